The van der Waals surface area contributed by atoms with Crippen LogP contribution in [0.25, 0.3) is 0 Å². The molecule has 0 amide bonds. The molecule has 2 heterocycles. The van der Waals surface area contributed by atoms with Crippen molar-refractivity contribution in [2.24, 2.45) is 0 Å². The van der Waals surface area contributed by atoms with Crippen molar-refractivity contribution in [3.05, 3.63) is 23.5 Å². The van der Waals surface area contributed by atoms with Crippen LogP contribution in [-0.4, -0.2) is 56.0 Å². The number of nitrogens with zero attached hydrogens (tertiary/aromatic N) is 2. The molecule has 1 aromatic rings. The Balaban J connectivity index is 1.93. The first-order valence-corrected chi connectivity index (χ1v) is 7.99. The largest absolute Gasteiger partial charge is 0.379 e. The van der Waals surface area contributed by atoms with Crippen LogP contribution in [0, 0.1) is 23.5 Å². The van der Waals surface area contributed by atoms with Crippen LogP contribution >= 0.6 is 0 Å². The lowest BCUT2D eigenvalue weighted by atomic mass is 10.3. The number of pyridine rings is 1. The number of sulfone groups is 1. The van der Waals surface area contributed by atoms with Crippen LogP contribution in [-0.2, 0) is 9.84 Å². The molecule has 1 aliphatic heterocycles. The lowest BCUT2D eigenvalue weighted by Crippen LogP contribution is -2.42. The van der Waals surface area contributed by atoms with Crippen LogP contribution < -0.4 is 5.32 Å². The summed E-state index contributed by atoms with van der Waals surface area (Å²) in [6, 6.07) is 0. The Bertz CT molecular complexity index is 599. The van der Waals surface area contributed by atoms with Gasteiger partial charge in [0.2, 0.25) is 11.6 Å². The highest BCUT2D eigenvalue weighted by atomic mass is 32.2. The molecule has 1 fully saturated rings. The van der Waals surface area contributed by atoms with Gasteiger partial charge in [-0.05, 0) is 0 Å². The normalized spacial score (nSPS) is 18.7. The SMILES string of the molecule is O=S1(=O)CCN(CCNc2c(F)c(F)nc(F)c2F)CC1. The summed E-state index contributed by atoms with van der Waals surface area (Å²) < 4.78 is 74.8. The smallest absolute Gasteiger partial charge is 0.253 e. The van der Waals surface area contributed by atoms with E-state index in [1.54, 1.807) is 4.90 Å². The second-order valence-electron chi connectivity index (χ2n) is 4.62. The minimum Gasteiger partial charge on any atom is -0.379 e. The molecule has 1 aromatic heterocycles. The fourth-order valence-corrected chi connectivity index (χ4v) is 3.23. The van der Waals surface area contributed by atoms with Gasteiger partial charge in [-0.15, -0.1) is 0 Å². The van der Waals surface area contributed by atoms with Crippen LogP contribution in [0.2, 0.25) is 0 Å². The lowest BCUT2D eigenvalue weighted by molar-refractivity contribution is 0.306. The Labute approximate surface area is 118 Å². The summed E-state index contributed by atoms with van der Waals surface area (Å²) in [7, 11) is -3.01. The monoisotopic (exact) mass is 327 g/mol. The van der Waals surface area contributed by atoms with Gasteiger partial charge in [-0.2, -0.15) is 22.5 Å². The Morgan fingerprint density at radius 1 is 1.05 bits per heavy atom. The average molecular weight is 327 g/mol. The molecular weight excluding hydrogens is 314 g/mol. The fraction of sp³-hybridized carbons (Fsp3) is 0.545. The van der Waals surface area contributed by atoms with E-state index in [4.69, 9.17) is 0 Å². The number of halogens is 4. The molecule has 0 bridgehead atoms. The minimum atomic E-state index is -3.01. The molecule has 1 saturated heterocycles. The molecule has 2 rings (SSSR count). The maximum Gasteiger partial charge on any atom is 0.253 e. The molecule has 0 spiro atoms. The van der Waals surface area contributed by atoms with E-state index >= 15 is 0 Å². The maximum atomic E-state index is 13.3. The van der Waals surface area contributed by atoms with E-state index in [-0.39, 0.29) is 18.1 Å². The third-order valence-corrected chi connectivity index (χ3v) is 4.77. The number of hydrogen-bond acceptors (Lipinski definition) is 5. The van der Waals surface area contributed by atoms with Crippen molar-refractivity contribution in [1.82, 2.24) is 9.88 Å². The molecular formula is C11H13F4N3O2S. The molecule has 0 aromatic carbocycles. The van der Waals surface area contributed by atoms with Crippen molar-refractivity contribution in [3.63, 3.8) is 0 Å². The molecule has 0 aliphatic carbocycles. The van der Waals surface area contributed by atoms with E-state index in [9.17, 15) is 26.0 Å². The summed E-state index contributed by atoms with van der Waals surface area (Å²) in [6.07, 6.45) is 0. The summed E-state index contributed by atoms with van der Waals surface area (Å²) in [4.78, 5) is 4.22. The zero-order chi connectivity index (χ0) is 15.6. The first-order valence-electron chi connectivity index (χ1n) is 6.17. The van der Waals surface area contributed by atoms with E-state index < -0.39 is 39.1 Å². The summed E-state index contributed by atoms with van der Waals surface area (Å²) in [6.45, 7) is 0.929. The number of rotatable bonds is 4. The molecule has 1 N–H and O–H groups in total. The molecule has 118 valence electrons. The van der Waals surface area contributed by atoms with Crippen molar-refractivity contribution < 1.29 is 26.0 Å². The summed E-state index contributed by atoms with van der Waals surface area (Å²) in [5, 5.41) is 2.27. The van der Waals surface area contributed by atoms with Crippen molar-refractivity contribution in [2.75, 3.05) is 43.0 Å². The maximum absolute atomic E-state index is 13.3. The summed E-state index contributed by atoms with van der Waals surface area (Å²) >= 11 is 0. The third kappa shape index (κ3) is 3.82. The minimum absolute atomic E-state index is 0.0107. The molecule has 0 radical (unpaired) electrons. The first-order chi connectivity index (χ1) is 9.80. The Morgan fingerprint density at radius 3 is 2.10 bits per heavy atom. The van der Waals surface area contributed by atoms with Gasteiger partial charge in [0.1, 0.15) is 5.69 Å². The van der Waals surface area contributed by atoms with Crippen LogP contribution in [0.5, 0.6) is 0 Å². The molecule has 21 heavy (non-hydrogen) atoms. The van der Waals surface area contributed by atoms with Gasteiger partial charge in [0, 0.05) is 26.2 Å². The van der Waals surface area contributed by atoms with Crippen molar-refractivity contribution in [1.29, 1.82) is 0 Å². The average Bonchev–Trinajstić information content (AvgIpc) is 2.42. The molecule has 5 nitrogen and oxygen atoms in total. The first kappa shape index (κ1) is 16.0. The van der Waals surface area contributed by atoms with Gasteiger partial charge < -0.3 is 5.32 Å². The van der Waals surface area contributed by atoms with Crippen LogP contribution in [0.4, 0.5) is 23.2 Å². The van der Waals surface area contributed by atoms with Crippen LogP contribution in [0.15, 0.2) is 0 Å². The molecule has 1 aliphatic rings. The molecule has 0 saturated carbocycles. The quantitative estimate of drug-likeness (QED) is 0.654. The van der Waals surface area contributed by atoms with Gasteiger partial charge in [-0.1, -0.05) is 0 Å². The van der Waals surface area contributed by atoms with E-state index in [1.807, 2.05) is 0 Å². The topological polar surface area (TPSA) is 62.3 Å². The predicted molar refractivity (Wildman–Crippen MR) is 67.7 cm³/mol. The van der Waals surface area contributed by atoms with Gasteiger partial charge >= 0.3 is 0 Å². The number of aromatic nitrogens is 1. The highest BCUT2D eigenvalue weighted by Gasteiger charge is 2.23. The second kappa shape index (κ2) is 6.14. The standard InChI is InChI=1S/C11H13F4N3O2S/c12-7-9(8(13)11(15)17-10(7)14)16-1-2-18-3-5-21(19,20)6-4-18/h1-6H2,(H,16,17). The number of hydrogen-bond donors (Lipinski definition) is 1. The molecule has 0 atom stereocenters. The van der Waals surface area contributed by atoms with Gasteiger partial charge in [0.15, 0.2) is 9.84 Å². The highest BCUT2D eigenvalue weighted by Crippen LogP contribution is 2.21. The van der Waals surface area contributed by atoms with E-state index in [1.165, 1.54) is 0 Å². The van der Waals surface area contributed by atoms with Crippen LogP contribution in [0.1, 0.15) is 0 Å². The molecule has 0 unspecified atom stereocenters. The lowest BCUT2D eigenvalue weighted by Gasteiger charge is -2.26. The van der Waals surface area contributed by atoms with Gasteiger partial charge in [-0.25, -0.2) is 8.42 Å². The zero-order valence-electron chi connectivity index (χ0n) is 10.9. The van der Waals surface area contributed by atoms with Crippen molar-refractivity contribution >= 4 is 15.5 Å². The summed E-state index contributed by atoms with van der Waals surface area (Å²) in [5.41, 5.74) is -0.912. The highest BCUT2D eigenvalue weighted by molar-refractivity contribution is 7.91. The van der Waals surface area contributed by atoms with Crippen LogP contribution in [0.3, 0.4) is 0 Å². The number of nitrogens with one attached hydrogen (secondary N) is 1. The van der Waals surface area contributed by atoms with Gasteiger partial charge in [-0.3, -0.25) is 4.90 Å². The third-order valence-electron chi connectivity index (χ3n) is 3.16. The van der Waals surface area contributed by atoms with Gasteiger partial charge in [0.05, 0.1) is 11.5 Å². The Kier molecular flexibility index (Phi) is 4.67. The predicted octanol–water partition coefficient (Wildman–Crippen LogP) is 0.780. The van der Waals surface area contributed by atoms with E-state index in [0.29, 0.717) is 19.6 Å². The summed E-state index contributed by atoms with van der Waals surface area (Å²) in [5.74, 6) is -6.58. The van der Waals surface area contributed by atoms with E-state index in [2.05, 4.69) is 10.3 Å². The Morgan fingerprint density at radius 2 is 1.57 bits per heavy atom. The van der Waals surface area contributed by atoms with Crippen molar-refractivity contribution in [2.45, 2.75) is 0 Å². The fourth-order valence-electron chi connectivity index (χ4n) is 1.96. The van der Waals surface area contributed by atoms with Crippen molar-refractivity contribution in [3.8, 4) is 0 Å². The molecule has 10 heteroatoms. The zero-order valence-corrected chi connectivity index (χ0v) is 11.7. The Hall–Kier alpha value is -1.42. The van der Waals surface area contributed by atoms with Gasteiger partial charge in [0.25, 0.3) is 11.9 Å². The number of anilines is 1. The second-order valence-corrected chi connectivity index (χ2v) is 6.92. The van der Waals surface area contributed by atoms with E-state index in [0.717, 1.165) is 0 Å².